The highest BCUT2D eigenvalue weighted by molar-refractivity contribution is 7.20. The Kier molecular flexibility index (Phi) is 4.67. The summed E-state index contributed by atoms with van der Waals surface area (Å²) in [5.41, 5.74) is -0.254. The molecule has 0 spiro atoms. The van der Waals surface area contributed by atoms with E-state index >= 15 is 0 Å². The number of methoxy groups -OCH3 is 2. The molecule has 0 bridgehead atoms. The zero-order chi connectivity index (χ0) is 18.0. The van der Waals surface area contributed by atoms with Crippen LogP contribution in [0.1, 0.15) is 20.0 Å². The molecule has 0 fully saturated rings. The zero-order valence-corrected chi connectivity index (χ0v) is 14.3. The minimum Gasteiger partial charge on any atom is -0.497 e. The van der Waals surface area contributed by atoms with E-state index in [4.69, 9.17) is 9.47 Å². The quantitative estimate of drug-likeness (QED) is 0.723. The van der Waals surface area contributed by atoms with Crippen molar-refractivity contribution in [3.63, 3.8) is 0 Å². The van der Waals surface area contributed by atoms with Gasteiger partial charge < -0.3 is 9.47 Å². The highest BCUT2D eigenvalue weighted by Gasteiger charge is 2.18. The first kappa shape index (κ1) is 16.9. The van der Waals surface area contributed by atoms with E-state index in [1.54, 1.807) is 25.3 Å². The van der Waals surface area contributed by atoms with Crippen molar-refractivity contribution in [2.24, 2.45) is 0 Å². The SMILES string of the molecule is COc1ccc(F)c(C(=O)NC(=O)c2cc3cc(OC)ccc3s2)c1. The van der Waals surface area contributed by atoms with Crippen molar-refractivity contribution < 1.29 is 23.5 Å². The summed E-state index contributed by atoms with van der Waals surface area (Å²) in [4.78, 5) is 24.8. The van der Waals surface area contributed by atoms with Crippen molar-refractivity contribution in [1.29, 1.82) is 0 Å². The third-order valence-corrected chi connectivity index (χ3v) is 4.71. The standard InChI is InChI=1S/C18H14FNO4S/c1-23-11-4-6-15-10(7-11)8-16(25-15)18(22)20-17(21)13-9-12(24-2)3-5-14(13)19/h3-9H,1-2H3,(H,20,21,22). The van der Waals surface area contributed by atoms with Gasteiger partial charge in [0, 0.05) is 4.70 Å². The van der Waals surface area contributed by atoms with Crippen LogP contribution in [-0.2, 0) is 0 Å². The third-order valence-electron chi connectivity index (χ3n) is 3.59. The number of hydrogen-bond acceptors (Lipinski definition) is 5. The van der Waals surface area contributed by atoms with E-state index in [-0.39, 0.29) is 5.56 Å². The first-order chi connectivity index (χ1) is 12.0. The molecule has 0 aliphatic carbocycles. The number of halogens is 1. The Morgan fingerprint density at radius 1 is 0.960 bits per heavy atom. The molecule has 3 rings (SSSR count). The molecule has 0 saturated heterocycles. The molecule has 3 aromatic rings. The van der Waals surface area contributed by atoms with Gasteiger partial charge >= 0.3 is 0 Å². The van der Waals surface area contributed by atoms with E-state index in [2.05, 4.69) is 5.32 Å². The summed E-state index contributed by atoms with van der Waals surface area (Å²) in [6.45, 7) is 0. The second-order valence-corrected chi connectivity index (χ2v) is 6.23. The number of amides is 2. The summed E-state index contributed by atoms with van der Waals surface area (Å²) < 4.78 is 24.8. The predicted molar refractivity (Wildman–Crippen MR) is 93.1 cm³/mol. The maximum absolute atomic E-state index is 13.8. The van der Waals surface area contributed by atoms with Gasteiger partial charge in [-0.1, -0.05) is 0 Å². The lowest BCUT2D eigenvalue weighted by molar-refractivity contribution is 0.0849. The number of hydrogen-bond donors (Lipinski definition) is 1. The first-order valence-corrected chi connectivity index (χ1v) is 8.10. The molecule has 0 aliphatic rings. The first-order valence-electron chi connectivity index (χ1n) is 7.28. The molecule has 0 unspecified atom stereocenters. The van der Waals surface area contributed by atoms with Gasteiger partial charge in [-0.25, -0.2) is 4.39 Å². The van der Waals surface area contributed by atoms with Crippen LogP contribution in [0.3, 0.4) is 0 Å². The van der Waals surface area contributed by atoms with Crippen molar-refractivity contribution in [2.75, 3.05) is 14.2 Å². The van der Waals surface area contributed by atoms with Crippen LogP contribution in [-0.4, -0.2) is 26.0 Å². The van der Waals surface area contributed by atoms with Crippen LogP contribution in [0.15, 0.2) is 42.5 Å². The highest BCUT2D eigenvalue weighted by Crippen LogP contribution is 2.29. The highest BCUT2D eigenvalue weighted by atomic mass is 32.1. The van der Waals surface area contributed by atoms with Gasteiger partial charge in [-0.3, -0.25) is 14.9 Å². The minimum atomic E-state index is -0.823. The molecule has 0 saturated carbocycles. The van der Waals surface area contributed by atoms with Gasteiger partial charge in [0.25, 0.3) is 11.8 Å². The largest absolute Gasteiger partial charge is 0.497 e. The normalized spacial score (nSPS) is 10.5. The molecule has 25 heavy (non-hydrogen) atoms. The van der Waals surface area contributed by atoms with Crippen molar-refractivity contribution in [3.05, 3.63) is 58.7 Å². The van der Waals surface area contributed by atoms with Crippen LogP contribution in [0.4, 0.5) is 4.39 Å². The lowest BCUT2D eigenvalue weighted by Gasteiger charge is -2.06. The second-order valence-electron chi connectivity index (χ2n) is 5.14. The molecule has 2 aromatic carbocycles. The number of rotatable bonds is 4. The van der Waals surface area contributed by atoms with Gasteiger partial charge in [0.1, 0.15) is 17.3 Å². The molecular weight excluding hydrogens is 345 g/mol. The number of carbonyl (C=O) groups is 2. The van der Waals surface area contributed by atoms with E-state index in [9.17, 15) is 14.0 Å². The molecule has 0 atom stereocenters. The average Bonchev–Trinajstić information content (AvgIpc) is 3.05. The number of imide groups is 1. The van der Waals surface area contributed by atoms with Crippen molar-refractivity contribution in [3.8, 4) is 11.5 Å². The Labute approximate surface area is 147 Å². The molecule has 128 valence electrons. The van der Waals surface area contributed by atoms with E-state index < -0.39 is 17.6 Å². The number of carbonyl (C=O) groups excluding carboxylic acids is 2. The summed E-state index contributed by atoms with van der Waals surface area (Å²) in [5, 5.41) is 3.03. The Balaban J connectivity index is 1.83. The number of thiophene rings is 1. The zero-order valence-electron chi connectivity index (χ0n) is 13.5. The molecule has 0 radical (unpaired) electrons. The summed E-state index contributed by atoms with van der Waals surface area (Å²) in [7, 11) is 2.97. The fraction of sp³-hybridized carbons (Fsp3) is 0.111. The average molecular weight is 359 g/mol. The van der Waals surface area contributed by atoms with Crippen molar-refractivity contribution >= 4 is 33.2 Å². The molecule has 2 amide bonds. The molecule has 1 heterocycles. The summed E-state index contributed by atoms with van der Waals surface area (Å²) in [5.74, 6) is -1.14. The Morgan fingerprint density at radius 3 is 2.36 bits per heavy atom. The van der Waals surface area contributed by atoms with E-state index in [0.29, 0.717) is 16.4 Å². The molecule has 1 N–H and O–H groups in total. The lowest BCUT2D eigenvalue weighted by Crippen LogP contribution is -2.30. The van der Waals surface area contributed by atoms with Crippen molar-refractivity contribution in [1.82, 2.24) is 5.32 Å². The maximum Gasteiger partial charge on any atom is 0.268 e. The van der Waals surface area contributed by atoms with Gasteiger partial charge in [0.15, 0.2) is 0 Å². The number of nitrogens with one attached hydrogen (secondary N) is 1. The Morgan fingerprint density at radius 2 is 1.64 bits per heavy atom. The van der Waals surface area contributed by atoms with Crippen LogP contribution in [0.25, 0.3) is 10.1 Å². The molecule has 7 heteroatoms. The van der Waals surface area contributed by atoms with Crippen molar-refractivity contribution in [2.45, 2.75) is 0 Å². The molecular formula is C18H14FNO4S. The summed E-state index contributed by atoms with van der Waals surface area (Å²) in [6, 6.07) is 10.8. The predicted octanol–water partition coefficient (Wildman–Crippen LogP) is 3.63. The number of benzene rings is 2. The van der Waals surface area contributed by atoms with Gasteiger partial charge in [-0.05, 0) is 47.9 Å². The number of ether oxygens (including phenoxy) is 2. The molecule has 5 nitrogen and oxygen atoms in total. The van der Waals surface area contributed by atoms with Gasteiger partial charge in [-0.2, -0.15) is 0 Å². The van der Waals surface area contributed by atoms with Crippen LogP contribution in [0.2, 0.25) is 0 Å². The molecule has 1 aromatic heterocycles. The maximum atomic E-state index is 13.8. The van der Waals surface area contributed by atoms with Crippen LogP contribution in [0.5, 0.6) is 11.5 Å². The second kappa shape index (κ2) is 6.90. The van der Waals surface area contributed by atoms with Gasteiger partial charge in [0.05, 0.1) is 24.7 Å². The summed E-state index contributed by atoms with van der Waals surface area (Å²) >= 11 is 1.24. The minimum absolute atomic E-state index is 0.254. The fourth-order valence-corrected chi connectivity index (χ4v) is 3.24. The lowest BCUT2D eigenvalue weighted by atomic mass is 10.2. The van der Waals surface area contributed by atoms with Gasteiger partial charge in [0.2, 0.25) is 0 Å². The third kappa shape index (κ3) is 3.46. The monoisotopic (exact) mass is 359 g/mol. The van der Waals surface area contributed by atoms with E-state index in [1.807, 2.05) is 6.07 Å². The fourth-order valence-electron chi connectivity index (χ4n) is 2.30. The number of fused-ring (bicyclic) bond motifs is 1. The van der Waals surface area contributed by atoms with Crippen LogP contribution in [0, 0.1) is 5.82 Å². The van der Waals surface area contributed by atoms with Crippen LogP contribution >= 0.6 is 11.3 Å². The van der Waals surface area contributed by atoms with E-state index in [1.165, 1.54) is 30.6 Å². The Bertz CT molecular complexity index is 967. The Hall–Kier alpha value is -2.93. The smallest absolute Gasteiger partial charge is 0.268 e. The molecule has 0 aliphatic heterocycles. The van der Waals surface area contributed by atoms with Gasteiger partial charge in [-0.15, -0.1) is 11.3 Å². The summed E-state index contributed by atoms with van der Waals surface area (Å²) in [6.07, 6.45) is 0. The van der Waals surface area contributed by atoms with E-state index in [0.717, 1.165) is 16.2 Å². The topological polar surface area (TPSA) is 64.6 Å². The van der Waals surface area contributed by atoms with Crippen LogP contribution < -0.4 is 14.8 Å².